The van der Waals surface area contributed by atoms with Gasteiger partial charge in [-0.3, -0.25) is 10.2 Å². The van der Waals surface area contributed by atoms with E-state index in [9.17, 15) is 0 Å². The first-order chi connectivity index (χ1) is 14.7. The molecule has 0 amide bonds. The van der Waals surface area contributed by atoms with Crippen LogP contribution >= 0.6 is 0 Å². The van der Waals surface area contributed by atoms with Gasteiger partial charge < -0.3 is 4.98 Å². The van der Waals surface area contributed by atoms with E-state index in [-0.39, 0.29) is 0 Å². The minimum absolute atomic E-state index is 0.773. The number of aromatic amines is 3. The number of hydrogen-bond acceptors (Lipinski definition) is 2. The van der Waals surface area contributed by atoms with Gasteiger partial charge in [0.25, 0.3) is 0 Å². The molecule has 150 valence electrons. The minimum Gasteiger partial charge on any atom is -0.353 e. The van der Waals surface area contributed by atoms with Crippen LogP contribution in [0.3, 0.4) is 0 Å². The van der Waals surface area contributed by atoms with Gasteiger partial charge in [0.2, 0.25) is 0 Å². The number of fused-ring (bicyclic) bond motifs is 1. The predicted molar refractivity (Wildman–Crippen MR) is 126 cm³/mol. The summed E-state index contributed by atoms with van der Waals surface area (Å²) in [5, 5.41) is 17.4. The number of nitrogens with zero attached hydrogens (tertiary/aromatic N) is 2. The van der Waals surface area contributed by atoms with Gasteiger partial charge in [-0.15, -0.1) is 0 Å². The Morgan fingerprint density at radius 3 is 2.63 bits per heavy atom. The standard InChI is InChI=1S/C25H25N5/c1-5-9-17(6-2)20-10-8-11-23-22(20)13-24(28-23)25-21(16(4)29-30-25)12-18(7-3)19-14-26-27-15-19/h5-15,28-29H,4H2,1-3H3,(H,26,27)/b9-5-,17-6+,18-7+,21-12+. The Balaban J connectivity index is 1.89. The largest absolute Gasteiger partial charge is 0.353 e. The zero-order valence-corrected chi connectivity index (χ0v) is 17.5. The van der Waals surface area contributed by atoms with Crippen LogP contribution in [-0.2, 0) is 0 Å². The summed E-state index contributed by atoms with van der Waals surface area (Å²) in [5.74, 6) is 0. The molecule has 0 aliphatic heterocycles. The minimum atomic E-state index is 0.773. The summed E-state index contributed by atoms with van der Waals surface area (Å²) in [6.07, 6.45) is 14.2. The van der Waals surface area contributed by atoms with Gasteiger partial charge in [-0.05, 0) is 55.7 Å². The Labute approximate surface area is 175 Å². The summed E-state index contributed by atoms with van der Waals surface area (Å²) < 4.78 is 0. The van der Waals surface area contributed by atoms with Crippen LogP contribution in [-0.4, -0.2) is 25.4 Å². The van der Waals surface area contributed by atoms with Crippen molar-refractivity contribution in [1.82, 2.24) is 25.4 Å². The highest BCUT2D eigenvalue weighted by molar-refractivity contribution is 5.97. The number of rotatable bonds is 5. The first kappa shape index (κ1) is 19.5. The summed E-state index contributed by atoms with van der Waals surface area (Å²) in [4.78, 5) is 3.53. The number of nitrogens with one attached hydrogen (secondary N) is 3. The lowest BCUT2D eigenvalue weighted by Gasteiger charge is -2.03. The number of benzene rings is 1. The van der Waals surface area contributed by atoms with Crippen molar-refractivity contribution in [1.29, 1.82) is 0 Å². The molecule has 4 rings (SSSR count). The lowest BCUT2D eigenvalue weighted by molar-refractivity contribution is 1.06. The average Bonchev–Trinajstić information content (AvgIpc) is 3.50. The first-order valence-electron chi connectivity index (χ1n) is 9.98. The third kappa shape index (κ3) is 3.46. The molecule has 0 unspecified atom stereocenters. The first-order valence-corrected chi connectivity index (χ1v) is 9.98. The van der Waals surface area contributed by atoms with Gasteiger partial charge in [-0.2, -0.15) is 10.2 Å². The van der Waals surface area contributed by atoms with Gasteiger partial charge in [-0.1, -0.05) is 43.0 Å². The van der Waals surface area contributed by atoms with Crippen molar-refractivity contribution < 1.29 is 0 Å². The molecule has 30 heavy (non-hydrogen) atoms. The Kier molecular flexibility index (Phi) is 5.35. The molecule has 0 fully saturated rings. The average molecular weight is 396 g/mol. The van der Waals surface area contributed by atoms with Crippen molar-refractivity contribution in [2.24, 2.45) is 0 Å². The second kappa shape index (κ2) is 8.25. The lowest BCUT2D eigenvalue weighted by atomic mass is 10.0. The highest BCUT2D eigenvalue weighted by atomic mass is 15.1. The predicted octanol–water partition coefficient (Wildman–Crippen LogP) is 4.55. The van der Waals surface area contributed by atoms with E-state index < -0.39 is 0 Å². The van der Waals surface area contributed by atoms with Crippen LogP contribution in [0, 0.1) is 0 Å². The Bertz CT molecular complexity index is 1380. The van der Waals surface area contributed by atoms with Crippen LogP contribution in [0.15, 0.2) is 61.0 Å². The Hall–Kier alpha value is -3.86. The van der Waals surface area contributed by atoms with Gasteiger partial charge in [0, 0.05) is 27.9 Å². The van der Waals surface area contributed by atoms with Crippen molar-refractivity contribution >= 4 is 34.7 Å². The summed E-state index contributed by atoms with van der Waals surface area (Å²) in [6.45, 7) is 10.2. The van der Waals surface area contributed by atoms with Crippen LogP contribution in [0.4, 0.5) is 0 Å². The SMILES string of the molecule is C=c1[nH]nc(-c2cc3c(C(/C=C\C)=C/C)cccc3[nH]2)/c1=C/C(=C\C)c1cn[nH]c1. The molecule has 3 heterocycles. The molecule has 0 saturated heterocycles. The molecule has 0 aliphatic rings. The second-order valence-corrected chi connectivity index (χ2v) is 7.03. The molecule has 3 N–H and O–H groups in total. The fraction of sp³-hybridized carbons (Fsp3) is 0.120. The van der Waals surface area contributed by atoms with Crippen LogP contribution in [0.1, 0.15) is 31.9 Å². The van der Waals surface area contributed by atoms with E-state index in [4.69, 9.17) is 0 Å². The molecule has 0 bridgehead atoms. The van der Waals surface area contributed by atoms with Crippen molar-refractivity contribution in [3.05, 3.63) is 82.7 Å². The maximum atomic E-state index is 4.55. The third-order valence-corrected chi connectivity index (χ3v) is 5.21. The maximum Gasteiger partial charge on any atom is 0.116 e. The third-order valence-electron chi connectivity index (χ3n) is 5.21. The molecule has 0 atom stereocenters. The lowest BCUT2D eigenvalue weighted by Crippen LogP contribution is -2.22. The summed E-state index contributed by atoms with van der Waals surface area (Å²) in [6, 6.07) is 8.48. The van der Waals surface area contributed by atoms with E-state index in [0.717, 1.165) is 38.6 Å². The van der Waals surface area contributed by atoms with Crippen molar-refractivity contribution in [3.8, 4) is 11.4 Å². The van der Waals surface area contributed by atoms with Gasteiger partial charge in [0.15, 0.2) is 0 Å². The van der Waals surface area contributed by atoms with E-state index in [1.807, 2.05) is 26.2 Å². The van der Waals surface area contributed by atoms with Crippen molar-refractivity contribution in [2.45, 2.75) is 20.8 Å². The molecular formula is C25H25N5. The summed E-state index contributed by atoms with van der Waals surface area (Å²) in [7, 11) is 0. The number of aromatic nitrogens is 5. The molecule has 0 aliphatic carbocycles. The molecule has 0 spiro atoms. The summed E-state index contributed by atoms with van der Waals surface area (Å²) in [5.41, 5.74) is 7.33. The molecule has 1 aromatic carbocycles. The van der Waals surface area contributed by atoms with Crippen LogP contribution in [0.25, 0.3) is 46.1 Å². The highest BCUT2D eigenvalue weighted by Gasteiger charge is 2.12. The fourth-order valence-electron chi connectivity index (χ4n) is 3.70. The molecular weight excluding hydrogens is 370 g/mol. The summed E-state index contributed by atoms with van der Waals surface area (Å²) >= 11 is 0. The van der Waals surface area contributed by atoms with E-state index >= 15 is 0 Å². The van der Waals surface area contributed by atoms with Crippen LogP contribution in [0.5, 0.6) is 0 Å². The van der Waals surface area contributed by atoms with Crippen LogP contribution in [0.2, 0.25) is 0 Å². The second-order valence-electron chi connectivity index (χ2n) is 7.03. The monoisotopic (exact) mass is 395 g/mol. The Morgan fingerprint density at radius 2 is 1.93 bits per heavy atom. The van der Waals surface area contributed by atoms with Gasteiger partial charge >= 0.3 is 0 Å². The fourth-order valence-corrected chi connectivity index (χ4v) is 3.70. The maximum absolute atomic E-state index is 4.55. The van der Waals surface area contributed by atoms with Gasteiger partial charge in [-0.25, -0.2) is 0 Å². The molecule has 0 radical (unpaired) electrons. The molecule has 0 saturated carbocycles. The normalized spacial score (nSPS) is 13.8. The van der Waals surface area contributed by atoms with Gasteiger partial charge in [0.05, 0.1) is 17.2 Å². The van der Waals surface area contributed by atoms with E-state index in [1.54, 1.807) is 0 Å². The number of H-pyrrole nitrogens is 3. The van der Waals surface area contributed by atoms with E-state index in [0.29, 0.717) is 0 Å². The zero-order valence-electron chi connectivity index (χ0n) is 17.5. The molecule has 4 aromatic rings. The molecule has 5 heteroatoms. The topological polar surface area (TPSA) is 73.2 Å². The number of hydrogen-bond donors (Lipinski definition) is 3. The van der Waals surface area contributed by atoms with E-state index in [1.165, 1.54) is 16.5 Å². The number of allylic oxidation sites excluding steroid dienone is 6. The van der Waals surface area contributed by atoms with Crippen molar-refractivity contribution in [3.63, 3.8) is 0 Å². The zero-order chi connectivity index (χ0) is 21.1. The van der Waals surface area contributed by atoms with E-state index in [2.05, 4.69) is 93.5 Å². The van der Waals surface area contributed by atoms with Gasteiger partial charge in [0.1, 0.15) is 5.69 Å². The van der Waals surface area contributed by atoms with Crippen molar-refractivity contribution in [2.75, 3.05) is 0 Å². The quantitative estimate of drug-likeness (QED) is 0.434. The molecule has 3 aromatic heterocycles. The molecule has 5 nitrogen and oxygen atoms in total. The van der Waals surface area contributed by atoms with Crippen LogP contribution < -0.4 is 10.6 Å². The Morgan fingerprint density at radius 1 is 1.10 bits per heavy atom. The smallest absolute Gasteiger partial charge is 0.116 e. The highest BCUT2D eigenvalue weighted by Crippen LogP contribution is 2.29.